The number of hydrogen-bond acceptors (Lipinski definition) is 6. The largest absolute Gasteiger partial charge is 0.495 e. The number of anilines is 2. The third kappa shape index (κ3) is 5.17. The van der Waals surface area contributed by atoms with Crippen LogP contribution in [0.2, 0.25) is 0 Å². The highest BCUT2D eigenvalue weighted by Gasteiger charge is 2.28. The van der Waals surface area contributed by atoms with Gasteiger partial charge in [-0.15, -0.1) is 0 Å². The summed E-state index contributed by atoms with van der Waals surface area (Å²) < 4.78 is 58.2. The third-order valence-corrected chi connectivity index (χ3v) is 8.17. The number of sulfonamides is 2. The lowest BCUT2D eigenvalue weighted by Gasteiger charge is -2.17. The molecule has 168 valence electrons. The van der Waals surface area contributed by atoms with Crippen LogP contribution in [0.1, 0.15) is 30.6 Å². The predicted molar refractivity (Wildman–Crippen MR) is 119 cm³/mol. The van der Waals surface area contributed by atoms with Gasteiger partial charge in [-0.3, -0.25) is 9.10 Å². The fraction of sp³-hybridized carbons (Fsp3) is 0.350. The van der Waals surface area contributed by atoms with Crippen LogP contribution in [0.3, 0.4) is 0 Å². The Morgan fingerprint density at radius 3 is 2.35 bits per heavy atom. The SMILES string of the molecule is COc1ccc(C(=O)Nc2ccc(N3CCCS3(=O)=O)cc2)cc1S(=O)(=O)NC(C)C. The second-order valence-electron chi connectivity index (χ2n) is 7.38. The summed E-state index contributed by atoms with van der Waals surface area (Å²) in [7, 11) is -5.80. The zero-order valence-electron chi connectivity index (χ0n) is 17.5. The molecule has 3 rings (SSSR count). The van der Waals surface area contributed by atoms with Crippen molar-refractivity contribution < 1.29 is 26.4 Å². The Morgan fingerprint density at radius 1 is 1.13 bits per heavy atom. The number of amides is 1. The highest BCUT2D eigenvalue weighted by atomic mass is 32.2. The molecule has 0 spiro atoms. The van der Waals surface area contributed by atoms with E-state index in [1.807, 2.05) is 0 Å². The van der Waals surface area contributed by atoms with Gasteiger partial charge in [-0.05, 0) is 62.7 Å². The molecule has 1 aliphatic rings. The van der Waals surface area contributed by atoms with E-state index in [2.05, 4.69) is 10.0 Å². The molecule has 31 heavy (non-hydrogen) atoms. The molecule has 0 atom stereocenters. The fourth-order valence-corrected chi connectivity index (χ4v) is 6.26. The standard InChI is InChI=1S/C20H25N3O6S2/c1-14(2)22-31(27,28)19-13-15(5-10-18(19)29-3)20(24)21-16-6-8-17(9-7-16)23-11-4-12-30(23,25)26/h5-10,13-14,22H,4,11-12H2,1-3H3,(H,21,24). The van der Waals surface area contributed by atoms with E-state index in [4.69, 9.17) is 4.74 Å². The summed E-state index contributed by atoms with van der Waals surface area (Å²) in [6.45, 7) is 3.82. The van der Waals surface area contributed by atoms with Gasteiger partial charge in [-0.25, -0.2) is 21.6 Å². The summed E-state index contributed by atoms with van der Waals surface area (Å²) in [4.78, 5) is 12.6. The first-order valence-corrected chi connectivity index (χ1v) is 12.7. The number of hydrogen-bond donors (Lipinski definition) is 2. The molecule has 2 N–H and O–H groups in total. The molecule has 1 fully saturated rings. The predicted octanol–water partition coefficient (Wildman–Crippen LogP) is 2.17. The van der Waals surface area contributed by atoms with Crippen molar-refractivity contribution in [2.45, 2.75) is 31.2 Å². The minimum atomic E-state index is -3.87. The first kappa shape index (κ1) is 23.0. The smallest absolute Gasteiger partial charge is 0.255 e. The molecule has 9 nitrogen and oxygen atoms in total. The highest BCUT2D eigenvalue weighted by molar-refractivity contribution is 7.93. The van der Waals surface area contributed by atoms with Gasteiger partial charge in [0.2, 0.25) is 20.0 Å². The highest BCUT2D eigenvalue weighted by Crippen LogP contribution is 2.27. The van der Waals surface area contributed by atoms with Crippen LogP contribution in [0, 0.1) is 0 Å². The summed E-state index contributed by atoms with van der Waals surface area (Å²) in [5, 5.41) is 2.69. The van der Waals surface area contributed by atoms with E-state index < -0.39 is 26.0 Å². The lowest BCUT2D eigenvalue weighted by Crippen LogP contribution is -2.30. The van der Waals surface area contributed by atoms with E-state index in [-0.39, 0.29) is 28.0 Å². The maximum Gasteiger partial charge on any atom is 0.255 e. The lowest BCUT2D eigenvalue weighted by molar-refractivity contribution is 0.102. The van der Waals surface area contributed by atoms with Crippen molar-refractivity contribution in [2.75, 3.05) is 29.0 Å². The van der Waals surface area contributed by atoms with Gasteiger partial charge >= 0.3 is 0 Å². The van der Waals surface area contributed by atoms with Crippen LogP contribution in [0.25, 0.3) is 0 Å². The number of benzene rings is 2. The van der Waals surface area contributed by atoms with Crippen molar-refractivity contribution in [3.63, 3.8) is 0 Å². The Balaban J connectivity index is 1.81. The van der Waals surface area contributed by atoms with E-state index >= 15 is 0 Å². The zero-order chi connectivity index (χ0) is 22.8. The Labute approximate surface area is 182 Å². The maximum atomic E-state index is 12.7. The zero-order valence-corrected chi connectivity index (χ0v) is 19.1. The van der Waals surface area contributed by atoms with E-state index in [9.17, 15) is 21.6 Å². The van der Waals surface area contributed by atoms with Gasteiger partial charge in [-0.1, -0.05) is 0 Å². The maximum absolute atomic E-state index is 12.7. The van der Waals surface area contributed by atoms with Crippen LogP contribution in [-0.4, -0.2) is 48.2 Å². The van der Waals surface area contributed by atoms with E-state index in [1.54, 1.807) is 38.1 Å². The van der Waals surface area contributed by atoms with Gasteiger partial charge in [-0.2, -0.15) is 0 Å². The molecule has 2 aromatic rings. The van der Waals surface area contributed by atoms with Crippen LogP contribution in [0.5, 0.6) is 5.75 Å². The van der Waals surface area contributed by atoms with Gasteiger partial charge in [0.05, 0.1) is 18.6 Å². The molecule has 0 aromatic heterocycles. The van der Waals surface area contributed by atoms with Gasteiger partial charge in [0.1, 0.15) is 10.6 Å². The molecular weight excluding hydrogens is 442 g/mol. The van der Waals surface area contributed by atoms with Gasteiger partial charge < -0.3 is 10.1 Å². The van der Waals surface area contributed by atoms with Crippen molar-refractivity contribution in [3.8, 4) is 5.75 Å². The summed E-state index contributed by atoms with van der Waals surface area (Å²) in [6.07, 6.45) is 0.579. The summed E-state index contributed by atoms with van der Waals surface area (Å²) in [5.41, 5.74) is 1.12. The molecule has 0 radical (unpaired) electrons. The molecule has 1 aliphatic heterocycles. The van der Waals surface area contributed by atoms with E-state index in [0.717, 1.165) is 0 Å². The molecule has 0 aliphatic carbocycles. The average Bonchev–Trinajstić information content (AvgIpc) is 3.06. The number of carbonyl (C=O) groups is 1. The molecule has 2 aromatic carbocycles. The molecular formula is C20H25N3O6S2. The summed E-state index contributed by atoms with van der Waals surface area (Å²) in [6, 6.07) is 10.3. The second kappa shape index (κ2) is 8.85. The minimum Gasteiger partial charge on any atom is -0.495 e. The van der Waals surface area contributed by atoms with Crippen LogP contribution in [-0.2, 0) is 20.0 Å². The lowest BCUT2D eigenvalue weighted by atomic mass is 10.2. The molecule has 11 heteroatoms. The number of carbonyl (C=O) groups excluding carboxylic acids is 1. The Morgan fingerprint density at radius 2 is 1.81 bits per heavy atom. The minimum absolute atomic E-state index is 0.125. The Hall–Kier alpha value is -2.63. The van der Waals surface area contributed by atoms with Crippen LogP contribution in [0.4, 0.5) is 11.4 Å². The van der Waals surface area contributed by atoms with E-state index in [1.165, 1.54) is 29.6 Å². The summed E-state index contributed by atoms with van der Waals surface area (Å²) >= 11 is 0. The van der Waals surface area contributed by atoms with Gasteiger partial charge in [0, 0.05) is 23.8 Å². The monoisotopic (exact) mass is 467 g/mol. The number of nitrogens with one attached hydrogen (secondary N) is 2. The molecule has 1 saturated heterocycles. The molecule has 0 unspecified atom stereocenters. The molecule has 0 saturated carbocycles. The molecule has 1 heterocycles. The number of rotatable bonds is 7. The first-order valence-electron chi connectivity index (χ1n) is 9.66. The van der Waals surface area contributed by atoms with Crippen LogP contribution >= 0.6 is 0 Å². The number of ether oxygens (including phenoxy) is 1. The molecule has 1 amide bonds. The summed E-state index contributed by atoms with van der Waals surface area (Å²) in [5.74, 6) is -0.258. The van der Waals surface area contributed by atoms with E-state index in [0.29, 0.717) is 24.3 Å². The second-order valence-corrected chi connectivity index (χ2v) is 11.1. The van der Waals surface area contributed by atoms with Crippen LogP contribution < -0.4 is 19.1 Å². The topological polar surface area (TPSA) is 122 Å². The number of nitrogens with zero attached hydrogens (tertiary/aromatic N) is 1. The van der Waals surface area contributed by atoms with Gasteiger partial charge in [0.15, 0.2) is 0 Å². The fourth-order valence-electron chi connectivity index (χ4n) is 3.25. The van der Waals surface area contributed by atoms with Gasteiger partial charge in [0.25, 0.3) is 5.91 Å². The molecule has 0 bridgehead atoms. The van der Waals surface area contributed by atoms with Crippen molar-refractivity contribution in [1.29, 1.82) is 0 Å². The third-order valence-electron chi connectivity index (χ3n) is 4.62. The van der Waals surface area contributed by atoms with Crippen molar-refractivity contribution in [1.82, 2.24) is 4.72 Å². The first-order chi connectivity index (χ1) is 14.5. The van der Waals surface area contributed by atoms with Crippen molar-refractivity contribution in [2.24, 2.45) is 0 Å². The number of methoxy groups -OCH3 is 1. The Kier molecular flexibility index (Phi) is 6.58. The Bertz CT molecular complexity index is 1180. The normalized spacial score (nSPS) is 15.8. The van der Waals surface area contributed by atoms with Crippen molar-refractivity contribution >= 4 is 37.3 Å². The van der Waals surface area contributed by atoms with Crippen LogP contribution in [0.15, 0.2) is 47.4 Å². The van der Waals surface area contributed by atoms with Crippen molar-refractivity contribution in [3.05, 3.63) is 48.0 Å². The quantitative estimate of drug-likeness (QED) is 0.644. The average molecular weight is 468 g/mol.